The fourth-order valence-electron chi connectivity index (χ4n) is 5.75. The number of carbonyl (C=O) groups excluding carboxylic acids is 3. The van der Waals surface area contributed by atoms with Crippen molar-refractivity contribution < 1.29 is 14.4 Å². The summed E-state index contributed by atoms with van der Waals surface area (Å²) in [6.07, 6.45) is 7.54. The van der Waals surface area contributed by atoms with Gasteiger partial charge in [-0.15, -0.1) is 0 Å². The molecule has 3 aliphatic rings. The van der Waals surface area contributed by atoms with Gasteiger partial charge < -0.3 is 4.90 Å². The molecule has 8 heteroatoms. The number of imide groups is 1. The van der Waals surface area contributed by atoms with Crippen molar-refractivity contribution in [2.45, 2.75) is 50.6 Å². The summed E-state index contributed by atoms with van der Waals surface area (Å²) in [7, 11) is 2.16. The van der Waals surface area contributed by atoms with Crippen LogP contribution >= 0.6 is 0 Å². The predicted octanol–water partition coefficient (Wildman–Crippen LogP) is 2.83. The summed E-state index contributed by atoms with van der Waals surface area (Å²) < 4.78 is 2.13. The van der Waals surface area contributed by atoms with Crippen LogP contribution < -0.4 is 10.2 Å². The highest BCUT2D eigenvalue weighted by Gasteiger charge is 2.41. The van der Waals surface area contributed by atoms with Crippen molar-refractivity contribution in [1.82, 2.24) is 20.0 Å². The second-order valence-electron chi connectivity index (χ2n) is 10.4. The van der Waals surface area contributed by atoms with Crippen LogP contribution in [0.25, 0.3) is 10.8 Å². The highest BCUT2D eigenvalue weighted by atomic mass is 16.2. The number of anilines is 1. The highest BCUT2D eigenvalue weighted by molar-refractivity contribution is 6.27. The van der Waals surface area contributed by atoms with Gasteiger partial charge in [-0.1, -0.05) is 18.2 Å². The molecule has 0 aliphatic carbocycles. The van der Waals surface area contributed by atoms with E-state index in [1.165, 1.54) is 0 Å². The first kappa shape index (κ1) is 22.0. The van der Waals surface area contributed by atoms with Crippen LogP contribution in [0.5, 0.6) is 0 Å². The Kier molecular flexibility index (Phi) is 5.03. The molecular formula is C27H29N5O3. The van der Waals surface area contributed by atoms with Gasteiger partial charge in [0.25, 0.3) is 5.91 Å². The van der Waals surface area contributed by atoms with E-state index in [0.717, 1.165) is 53.5 Å². The van der Waals surface area contributed by atoms with Crippen molar-refractivity contribution in [1.29, 1.82) is 0 Å². The van der Waals surface area contributed by atoms with E-state index in [2.05, 4.69) is 35.1 Å². The Bertz CT molecular complexity index is 1370. The summed E-state index contributed by atoms with van der Waals surface area (Å²) in [5.74, 6) is -0.875. The number of piperidine rings is 2. The van der Waals surface area contributed by atoms with Crippen molar-refractivity contribution in [2.75, 3.05) is 25.0 Å². The molecule has 0 radical (unpaired) electrons. The van der Waals surface area contributed by atoms with Gasteiger partial charge >= 0.3 is 0 Å². The maximum Gasteiger partial charge on any atom is 0.259 e. The molecule has 1 unspecified atom stereocenters. The summed E-state index contributed by atoms with van der Waals surface area (Å²) in [4.78, 5) is 41.5. The molecule has 3 aliphatic heterocycles. The number of nitrogens with zero attached hydrogens (tertiary/aromatic N) is 4. The van der Waals surface area contributed by atoms with Crippen molar-refractivity contribution in [3.8, 4) is 0 Å². The van der Waals surface area contributed by atoms with Crippen molar-refractivity contribution >= 4 is 34.2 Å². The maximum atomic E-state index is 13.4. The third-order valence-corrected chi connectivity index (χ3v) is 7.99. The van der Waals surface area contributed by atoms with E-state index < -0.39 is 11.9 Å². The van der Waals surface area contributed by atoms with Gasteiger partial charge in [0.15, 0.2) is 0 Å². The molecule has 3 aromatic rings. The molecule has 0 spiro atoms. The van der Waals surface area contributed by atoms with Crippen LogP contribution in [-0.4, -0.2) is 58.6 Å². The molecule has 4 heterocycles. The van der Waals surface area contributed by atoms with Crippen molar-refractivity contribution in [2.24, 2.45) is 0 Å². The third kappa shape index (κ3) is 3.55. The maximum absolute atomic E-state index is 13.4. The Labute approximate surface area is 203 Å². The minimum Gasteiger partial charge on any atom is -0.306 e. The Hall–Kier alpha value is -3.52. The molecule has 0 bridgehead atoms. The largest absolute Gasteiger partial charge is 0.306 e. The molecule has 3 amide bonds. The lowest BCUT2D eigenvalue weighted by atomic mass is 9.90. The second-order valence-corrected chi connectivity index (χ2v) is 10.4. The van der Waals surface area contributed by atoms with E-state index in [4.69, 9.17) is 5.10 Å². The Balaban J connectivity index is 1.32. The molecule has 1 aromatic heterocycles. The van der Waals surface area contributed by atoms with Crippen LogP contribution in [0.2, 0.25) is 0 Å². The summed E-state index contributed by atoms with van der Waals surface area (Å²) >= 11 is 0. The topological polar surface area (TPSA) is 87.5 Å². The molecule has 180 valence electrons. The number of benzene rings is 2. The first-order valence-electron chi connectivity index (χ1n) is 12.3. The molecule has 2 fully saturated rings. The number of carbonyl (C=O) groups is 3. The molecule has 2 aromatic carbocycles. The second kappa shape index (κ2) is 8.02. The van der Waals surface area contributed by atoms with Gasteiger partial charge in [0, 0.05) is 43.1 Å². The van der Waals surface area contributed by atoms with E-state index in [0.29, 0.717) is 18.4 Å². The van der Waals surface area contributed by atoms with E-state index in [1.54, 1.807) is 4.90 Å². The van der Waals surface area contributed by atoms with Gasteiger partial charge in [-0.05, 0) is 61.9 Å². The average Bonchev–Trinajstić information content (AvgIpc) is 3.43. The third-order valence-electron chi connectivity index (χ3n) is 7.99. The van der Waals surface area contributed by atoms with E-state index in [9.17, 15) is 14.4 Å². The standard InChI is InChI=1S/C27H29N5O3/c1-27(10-12-30(2)13-11-27)31-16-17(15-28-31)14-18-6-7-21-24-19(18)4-3-5-20(24)26(35)32(21)22-8-9-23(33)29-25(22)34/h3-7,15-16,22H,8-14H2,1-2H3,(H,29,33,34). The zero-order valence-corrected chi connectivity index (χ0v) is 20.1. The Morgan fingerprint density at radius 2 is 1.91 bits per heavy atom. The van der Waals surface area contributed by atoms with Crippen LogP contribution in [0.3, 0.4) is 0 Å². The average molecular weight is 472 g/mol. The number of likely N-dealkylation sites (tertiary alicyclic amines) is 1. The first-order valence-corrected chi connectivity index (χ1v) is 12.3. The lowest BCUT2D eigenvalue weighted by Gasteiger charge is -2.38. The monoisotopic (exact) mass is 471 g/mol. The molecule has 2 saturated heterocycles. The van der Waals surface area contributed by atoms with Gasteiger partial charge in [0.05, 0.1) is 17.4 Å². The van der Waals surface area contributed by atoms with Crippen LogP contribution in [0.1, 0.15) is 54.1 Å². The normalized spacial score (nSPS) is 22.2. The summed E-state index contributed by atoms with van der Waals surface area (Å²) in [5, 5.41) is 9.00. The van der Waals surface area contributed by atoms with Crippen LogP contribution in [0, 0.1) is 0 Å². The van der Waals surface area contributed by atoms with Gasteiger partial charge in [-0.3, -0.25) is 29.3 Å². The van der Waals surface area contributed by atoms with Crippen molar-refractivity contribution in [3.63, 3.8) is 0 Å². The molecule has 35 heavy (non-hydrogen) atoms. The van der Waals surface area contributed by atoms with Crippen LogP contribution in [0.15, 0.2) is 42.7 Å². The van der Waals surface area contributed by atoms with E-state index in [-0.39, 0.29) is 23.8 Å². The lowest BCUT2D eigenvalue weighted by Crippen LogP contribution is -2.53. The fraction of sp³-hybridized carbons (Fsp3) is 0.407. The first-order chi connectivity index (χ1) is 16.8. The smallest absolute Gasteiger partial charge is 0.259 e. The summed E-state index contributed by atoms with van der Waals surface area (Å²) in [6, 6.07) is 9.09. The Morgan fingerprint density at radius 3 is 2.69 bits per heavy atom. The summed E-state index contributed by atoms with van der Waals surface area (Å²) in [5.41, 5.74) is 3.64. The number of nitrogens with one attached hydrogen (secondary N) is 1. The van der Waals surface area contributed by atoms with E-state index >= 15 is 0 Å². The molecule has 8 nitrogen and oxygen atoms in total. The van der Waals surface area contributed by atoms with Gasteiger partial charge in [-0.25, -0.2) is 0 Å². The zero-order valence-electron chi connectivity index (χ0n) is 20.1. The summed E-state index contributed by atoms with van der Waals surface area (Å²) in [6.45, 7) is 4.42. The number of hydrogen-bond acceptors (Lipinski definition) is 5. The van der Waals surface area contributed by atoms with Crippen molar-refractivity contribution in [3.05, 3.63) is 59.4 Å². The molecule has 1 atom stereocenters. The number of aromatic nitrogens is 2. The van der Waals surface area contributed by atoms with Gasteiger partial charge in [0.2, 0.25) is 11.8 Å². The molecule has 0 saturated carbocycles. The fourth-order valence-corrected chi connectivity index (χ4v) is 5.75. The zero-order chi connectivity index (χ0) is 24.3. The number of rotatable bonds is 4. The minimum atomic E-state index is -0.671. The predicted molar refractivity (Wildman–Crippen MR) is 132 cm³/mol. The molecule has 6 rings (SSSR count). The Morgan fingerprint density at radius 1 is 1.11 bits per heavy atom. The highest BCUT2D eigenvalue weighted by Crippen LogP contribution is 2.41. The van der Waals surface area contributed by atoms with Crippen LogP contribution in [-0.2, 0) is 21.5 Å². The SMILES string of the molecule is CN1CCC(C)(n2cc(Cc3ccc4c5c(cccc35)C(=O)N4C3CCC(=O)NC3=O)cn2)CC1. The number of amides is 3. The minimum absolute atomic E-state index is 0.0294. The number of hydrogen-bond donors (Lipinski definition) is 1. The molecule has 1 N–H and O–H groups in total. The molecular weight excluding hydrogens is 442 g/mol. The van der Waals surface area contributed by atoms with E-state index in [1.807, 2.05) is 36.5 Å². The lowest BCUT2D eigenvalue weighted by molar-refractivity contribution is -0.134. The van der Waals surface area contributed by atoms with Crippen LogP contribution in [0.4, 0.5) is 5.69 Å². The quantitative estimate of drug-likeness (QED) is 0.592. The van der Waals surface area contributed by atoms with Gasteiger partial charge in [0.1, 0.15) is 6.04 Å². The van der Waals surface area contributed by atoms with Gasteiger partial charge in [-0.2, -0.15) is 5.10 Å².